The van der Waals surface area contributed by atoms with Gasteiger partial charge in [-0.2, -0.15) is 0 Å². The number of aryl methyl sites for hydroxylation is 1. The van der Waals surface area contributed by atoms with E-state index >= 15 is 0 Å². The molecule has 2 heterocycles. The van der Waals surface area contributed by atoms with E-state index in [0.29, 0.717) is 12.1 Å². The molecule has 0 bridgehead atoms. The topological polar surface area (TPSA) is 83.1 Å². The summed E-state index contributed by atoms with van der Waals surface area (Å²) in [6.07, 6.45) is 6.65. The fraction of sp³-hybridized carbons (Fsp3) is 0.250. The molecule has 154 valence electrons. The second-order valence-electron chi connectivity index (χ2n) is 7.40. The van der Waals surface area contributed by atoms with Crippen molar-refractivity contribution in [2.24, 2.45) is 0 Å². The normalized spacial score (nSPS) is 10.9. The first-order valence-corrected chi connectivity index (χ1v) is 10.2. The average molecular weight is 409 g/mol. The molecule has 4 rings (SSSR count). The number of para-hydroxylation sites is 1. The van der Waals surface area contributed by atoms with Crippen molar-refractivity contribution in [1.82, 2.24) is 14.1 Å². The van der Waals surface area contributed by atoms with Crippen molar-refractivity contribution in [1.29, 1.82) is 0 Å². The molecule has 1 N–H and O–H groups in total. The van der Waals surface area contributed by atoms with Gasteiger partial charge in [-0.25, -0.2) is 4.98 Å². The number of hydrogen-bond donors (Lipinski definition) is 1. The van der Waals surface area contributed by atoms with E-state index in [1.165, 1.54) is 0 Å². The molecule has 0 aliphatic rings. The zero-order chi connectivity index (χ0) is 21.1. The molecule has 2 aromatic carbocycles. The first-order valence-electron chi connectivity index (χ1n) is 10.2. The molecule has 7 heteroatoms. The van der Waals surface area contributed by atoms with Gasteiger partial charge in [0.05, 0.1) is 30.0 Å². The molecule has 31 heavy (non-hydrogen) atoms. The summed E-state index contributed by atoms with van der Waals surface area (Å²) in [6.45, 7) is 2.74. The Hall–Kier alpha value is -2.78. The summed E-state index contributed by atoms with van der Waals surface area (Å²) in [5.41, 5.74) is 3.57. The minimum absolute atomic E-state index is 0. The van der Waals surface area contributed by atoms with Gasteiger partial charge >= 0.3 is 18.9 Å². The van der Waals surface area contributed by atoms with Crippen molar-refractivity contribution < 1.29 is 33.9 Å². The number of carboxylic acids is 1. The van der Waals surface area contributed by atoms with Crippen LogP contribution in [0.1, 0.15) is 47.2 Å². The van der Waals surface area contributed by atoms with Crippen LogP contribution in [0.5, 0.6) is 0 Å². The van der Waals surface area contributed by atoms with Crippen LogP contribution in [0, 0.1) is 0 Å². The number of carbonyl (C=O) groups is 1. The maximum atomic E-state index is 11.5. The van der Waals surface area contributed by atoms with Crippen LogP contribution in [0.2, 0.25) is 0 Å². The number of benzene rings is 2. The van der Waals surface area contributed by atoms with Gasteiger partial charge in [0.25, 0.3) is 0 Å². The number of aromatic nitrogens is 3. The Morgan fingerprint density at radius 1 is 1.13 bits per heavy atom. The fourth-order valence-electron chi connectivity index (χ4n) is 3.83. The molecule has 0 radical (unpaired) electrons. The molecule has 0 aliphatic heterocycles. The van der Waals surface area contributed by atoms with E-state index in [2.05, 4.69) is 16.5 Å². The van der Waals surface area contributed by atoms with E-state index in [1.807, 2.05) is 47.2 Å². The van der Waals surface area contributed by atoms with Crippen molar-refractivity contribution in [2.75, 3.05) is 0 Å². The third kappa shape index (κ3) is 4.62. The predicted molar refractivity (Wildman–Crippen MR) is 113 cm³/mol. The van der Waals surface area contributed by atoms with Crippen molar-refractivity contribution in [3.63, 3.8) is 0 Å². The number of hydrogen-bond acceptors (Lipinski definition) is 4. The zero-order valence-electron chi connectivity index (χ0n) is 17.9. The van der Waals surface area contributed by atoms with E-state index in [0.717, 1.165) is 47.4 Å². The van der Waals surface area contributed by atoms with Gasteiger partial charge in [0, 0.05) is 35.8 Å². The number of unbranched alkanes of at least 4 members (excludes halogenated alkanes) is 1. The number of nitrogens with zero attached hydrogens (tertiary/aromatic N) is 3. The first-order chi connectivity index (χ1) is 14.6. The molecule has 2 aromatic heterocycles. The van der Waals surface area contributed by atoms with Gasteiger partial charge in [-0.1, -0.05) is 43.7 Å². The third-order valence-electron chi connectivity index (χ3n) is 5.42. The Morgan fingerprint density at radius 2 is 1.90 bits per heavy atom. The average Bonchev–Trinajstić information content (AvgIpc) is 3.36. The molecular weight excluding hydrogens is 385 g/mol. The number of carboxylic acid groups (broad SMARTS) is 1. The van der Waals surface area contributed by atoms with Crippen molar-refractivity contribution >= 4 is 16.9 Å². The number of imidazole rings is 1. The molecule has 0 unspecified atom stereocenters. The maximum Gasteiger partial charge on any atom is 1.00 e. The van der Waals surface area contributed by atoms with Crippen molar-refractivity contribution in [2.45, 2.75) is 39.3 Å². The number of carbonyl (C=O) groups excluding carboxylic acids is 1. The number of aromatic carboxylic acids is 1. The molecule has 4 aromatic rings. The van der Waals surface area contributed by atoms with Crippen LogP contribution in [0.15, 0.2) is 60.9 Å². The summed E-state index contributed by atoms with van der Waals surface area (Å²) < 4.78 is 3.94. The van der Waals surface area contributed by atoms with Crippen LogP contribution in [-0.4, -0.2) is 25.2 Å². The predicted octanol–water partition coefficient (Wildman–Crippen LogP) is 0.0777. The smallest absolute Gasteiger partial charge is 0.545 e. The minimum atomic E-state index is -1.19. The monoisotopic (exact) mass is 409 g/mol. The standard InChI is InChI=1S/C24H25N3O3.Li/c1-2-3-7-22-25-14-20(16-28)27(22)15-17-8-10-19(11-9-17)26-13-12-18-5-4-6-21(23(18)26)24(29)30;/h4-6,8-14,28H,2-3,7,15-16H2,1H3,(H,29,30);/q;+1/p-1. The van der Waals surface area contributed by atoms with Crippen LogP contribution in [0.4, 0.5) is 0 Å². The number of aliphatic hydroxyl groups excluding tert-OH is 1. The van der Waals surface area contributed by atoms with E-state index in [-0.39, 0.29) is 31.0 Å². The van der Waals surface area contributed by atoms with Crippen LogP contribution < -0.4 is 24.0 Å². The van der Waals surface area contributed by atoms with E-state index in [9.17, 15) is 15.0 Å². The van der Waals surface area contributed by atoms with Crippen LogP contribution in [-0.2, 0) is 19.6 Å². The third-order valence-corrected chi connectivity index (χ3v) is 5.42. The molecule has 6 nitrogen and oxygen atoms in total. The quantitative estimate of drug-likeness (QED) is 0.418. The zero-order valence-corrected chi connectivity index (χ0v) is 17.9. The summed E-state index contributed by atoms with van der Waals surface area (Å²) in [6, 6.07) is 15.1. The molecule has 0 saturated carbocycles. The number of aliphatic hydroxyl groups is 1. The van der Waals surface area contributed by atoms with Gasteiger partial charge in [-0.05, 0) is 30.2 Å². The van der Waals surface area contributed by atoms with Gasteiger partial charge in [0.15, 0.2) is 0 Å². The summed E-state index contributed by atoms with van der Waals surface area (Å²) in [4.78, 5) is 16.0. The second kappa shape index (κ2) is 10.0. The van der Waals surface area contributed by atoms with E-state index in [1.54, 1.807) is 18.3 Å². The van der Waals surface area contributed by atoms with Gasteiger partial charge in [-0.3, -0.25) is 0 Å². The maximum absolute atomic E-state index is 11.5. The van der Waals surface area contributed by atoms with Gasteiger partial charge in [-0.15, -0.1) is 0 Å². The van der Waals surface area contributed by atoms with Crippen molar-refractivity contribution in [3.8, 4) is 5.69 Å². The molecule has 0 atom stereocenters. The molecule has 0 aliphatic carbocycles. The first kappa shape index (κ1) is 22.9. The molecule has 0 amide bonds. The molecule has 0 fully saturated rings. The van der Waals surface area contributed by atoms with Crippen LogP contribution in [0.25, 0.3) is 16.6 Å². The Labute approximate surface area is 193 Å². The molecule has 0 saturated heterocycles. The second-order valence-corrected chi connectivity index (χ2v) is 7.40. The van der Waals surface area contributed by atoms with E-state index in [4.69, 9.17) is 0 Å². The Bertz CT molecular complexity index is 1180. The minimum Gasteiger partial charge on any atom is -0.545 e. The Morgan fingerprint density at radius 3 is 2.58 bits per heavy atom. The van der Waals surface area contributed by atoms with Gasteiger partial charge in [0.2, 0.25) is 0 Å². The molecule has 0 spiro atoms. The summed E-state index contributed by atoms with van der Waals surface area (Å²) in [5, 5.41) is 22.1. The van der Waals surface area contributed by atoms with E-state index < -0.39 is 5.97 Å². The summed E-state index contributed by atoms with van der Waals surface area (Å²) in [5.74, 6) is -0.201. The SMILES string of the molecule is CCCCc1ncc(CO)n1Cc1ccc(-n2ccc3cccc(C(=O)[O-])c32)cc1.[Li+]. The number of fused-ring (bicyclic) bond motifs is 1. The Kier molecular flexibility index (Phi) is 7.40. The summed E-state index contributed by atoms with van der Waals surface area (Å²) >= 11 is 0. The van der Waals surface area contributed by atoms with Gasteiger partial charge in [0.1, 0.15) is 5.82 Å². The largest absolute Gasteiger partial charge is 1.00 e. The van der Waals surface area contributed by atoms with Crippen molar-refractivity contribution in [3.05, 3.63) is 83.6 Å². The fourth-order valence-corrected chi connectivity index (χ4v) is 3.83. The van der Waals surface area contributed by atoms with Crippen LogP contribution in [0.3, 0.4) is 0 Å². The summed E-state index contributed by atoms with van der Waals surface area (Å²) in [7, 11) is 0. The Balaban J connectivity index is 0.00000272. The molecular formula is C24H24LiN3O3. The van der Waals surface area contributed by atoms with Gasteiger partial charge < -0.3 is 24.1 Å². The number of rotatable bonds is 8. The van der Waals surface area contributed by atoms with Crippen LogP contribution >= 0.6 is 0 Å².